The zero-order valence-electron chi connectivity index (χ0n) is 13.8. The third kappa shape index (κ3) is 2.76. The second-order valence-corrected chi connectivity index (χ2v) is 6.79. The van der Waals surface area contributed by atoms with Gasteiger partial charge in [-0.15, -0.1) is 11.8 Å². The Morgan fingerprint density at radius 3 is 2.92 bits per heavy atom. The van der Waals surface area contributed by atoms with E-state index in [1.54, 1.807) is 11.8 Å². The van der Waals surface area contributed by atoms with Crippen molar-refractivity contribution in [1.82, 2.24) is 14.8 Å². The fourth-order valence-electron chi connectivity index (χ4n) is 3.24. The molecule has 6 heteroatoms. The number of hydrogen-bond acceptors (Lipinski definition) is 5. The van der Waals surface area contributed by atoms with Crippen LogP contribution >= 0.6 is 11.8 Å². The zero-order valence-corrected chi connectivity index (χ0v) is 14.7. The van der Waals surface area contributed by atoms with Crippen molar-refractivity contribution in [3.05, 3.63) is 48.4 Å². The summed E-state index contributed by atoms with van der Waals surface area (Å²) in [5.74, 6) is 0. The van der Waals surface area contributed by atoms with Crippen LogP contribution in [0.2, 0.25) is 0 Å². The van der Waals surface area contributed by atoms with Gasteiger partial charge in [0.2, 0.25) is 0 Å². The zero-order chi connectivity index (χ0) is 16.5. The standard InChI is InChI=1S/C18H20N4OS/c1-21-11-13(9-20-21)16-12-22(7-8-23-16)18-14-5-3-4-6-15(14)19-10-17(18)24-2/h3-6,9-11,16H,7-8,12H2,1-2H3/t16-/m0/s1. The van der Waals surface area contributed by atoms with Gasteiger partial charge in [-0.3, -0.25) is 9.67 Å². The van der Waals surface area contributed by atoms with E-state index in [2.05, 4.69) is 39.4 Å². The minimum atomic E-state index is 0.0501. The molecule has 124 valence electrons. The minimum absolute atomic E-state index is 0.0501. The van der Waals surface area contributed by atoms with Gasteiger partial charge >= 0.3 is 0 Å². The molecule has 1 aliphatic rings. The number of aromatic nitrogens is 3. The maximum atomic E-state index is 6.00. The van der Waals surface area contributed by atoms with Crippen molar-refractivity contribution in [2.45, 2.75) is 11.0 Å². The largest absolute Gasteiger partial charge is 0.370 e. The monoisotopic (exact) mass is 340 g/mol. The summed E-state index contributed by atoms with van der Waals surface area (Å²) in [5.41, 5.74) is 3.44. The summed E-state index contributed by atoms with van der Waals surface area (Å²) in [6, 6.07) is 8.35. The molecular weight excluding hydrogens is 320 g/mol. The Balaban J connectivity index is 1.73. The van der Waals surface area contributed by atoms with Crippen molar-refractivity contribution in [2.24, 2.45) is 7.05 Å². The number of benzene rings is 1. The number of nitrogens with zero attached hydrogens (tertiary/aromatic N) is 4. The Morgan fingerprint density at radius 2 is 2.12 bits per heavy atom. The van der Waals surface area contributed by atoms with Crippen LogP contribution in [0.5, 0.6) is 0 Å². The van der Waals surface area contributed by atoms with Gasteiger partial charge in [0.15, 0.2) is 0 Å². The van der Waals surface area contributed by atoms with E-state index in [0.29, 0.717) is 6.61 Å². The minimum Gasteiger partial charge on any atom is -0.370 e. The number of aryl methyl sites for hydroxylation is 1. The van der Waals surface area contributed by atoms with Gasteiger partial charge in [-0.05, 0) is 12.3 Å². The predicted octanol–water partition coefficient (Wildman–Crippen LogP) is 3.27. The molecule has 0 spiro atoms. The number of ether oxygens (including phenoxy) is 1. The summed E-state index contributed by atoms with van der Waals surface area (Å²) in [6.07, 6.45) is 8.07. The molecule has 0 N–H and O–H groups in total. The fraction of sp³-hybridized carbons (Fsp3) is 0.333. The molecule has 5 nitrogen and oxygen atoms in total. The van der Waals surface area contributed by atoms with Gasteiger partial charge < -0.3 is 9.64 Å². The van der Waals surface area contributed by atoms with Gasteiger partial charge in [0.25, 0.3) is 0 Å². The molecule has 0 saturated carbocycles. The lowest BCUT2D eigenvalue weighted by atomic mass is 10.1. The number of hydrogen-bond donors (Lipinski definition) is 0. The van der Waals surface area contributed by atoms with Crippen molar-refractivity contribution >= 4 is 28.4 Å². The normalized spacial score (nSPS) is 18.2. The first-order chi connectivity index (χ1) is 11.8. The number of anilines is 1. The average molecular weight is 340 g/mol. The number of para-hydroxylation sites is 1. The van der Waals surface area contributed by atoms with E-state index in [1.165, 1.54) is 16.0 Å². The molecule has 1 fully saturated rings. The van der Waals surface area contributed by atoms with Gasteiger partial charge in [0.05, 0.1) is 24.0 Å². The third-order valence-electron chi connectivity index (χ3n) is 4.41. The van der Waals surface area contributed by atoms with Crippen molar-refractivity contribution < 1.29 is 4.74 Å². The van der Waals surface area contributed by atoms with Crippen LogP contribution in [0.25, 0.3) is 10.9 Å². The van der Waals surface area contributed by atoms with Crippen LogP contribution in [0, 0.1) is 0 Å². The summed E-state index contributed by atoms with van der Waals surface area (Å²) in [6.45, 7) is 2.43. The van der Waals surface area contributed by atoms with E-state index in [9.17, 15) is 0 Å². The highest BCUT2D eigenvalue weighted by Crippen LogP contribution is 2.37. The van der Waals surface area contributed by atoms with E-state index in [4.69, 9.17) is 4.74 Å². The Bertz CT molecular complexity index is 863. The number of morpholine rings is 1. The molecule has 0 aliphatic carbocycles. The smallest absolute Gasteiger partial charge is 0.103 e. The van der Waals surface area contributed by atoms with E-state index in [-0.39, 0.29) is 6.10 Å². The maximum absolute atomic E-state index is 6.00. The van der Waals surface area contributed by atoms with Gasteiger partial charge in [-0.25, -0.2) is 0 Å². The number of pyridine rings is 1. The van der Waals surface area contributed by atoms with Crippen LogP contribution in [0.4, 0.5) is 5.69 Å². The van der Waals surface area contributed by atoms with Crippen molar-refractivity contribution in [1.29, 1.82) is 0 Å². The maximum Gasteiger partial charge on any atom is 0.103 e. The van der Waals surface area contributed by atoms with E-state index in [1.807, 2.05) is 36.4 Å². The van der Waals surface area contributed by atoms with Gasteiger partial charge in [-0.2, -0.15) is 5.10 Å². The molecule has 1 aliphatic heterocycles. The predicted molar refractivity (Wildman–Crippen MR) is 97.6 cm³/mol. The van der Waals surface area contributed by atoms with Crippen LogP contribution in [-0.4, -0.2) is 40.7 Å². The molecule has 1 saturated heterocycles. The van der Waals surface area contributed by atoms with Gasteiger partial charge in [0.1, 0.15) is 6.10 Å². The van der Waals surface area contributed by atoms with Gasteiger partial charge in [0, 0.05) is 48.4 Å². The molecule has 0 amide bonds. The molecule has 0 unspecified atom stereocenters. The van der Waals surface area contributed by atoms with E-state index >= 15 is 0 Å². The average Bonchev–Trinajstić information content (AvgIpc) is 3.07. The van der Waals surface area contributed by atoms with Crippen LogP contribution < -0.4 is 4.90 Å². The summed E-state index contributed by atoms with van der Waals surface area (Å²) in [7, 11) is 1.94. The number of rotatable bonds is 3. The molecule has 4 rings (SSSR count). The number of thioether (sulfide) groups is 1. The topological polar surface area (TPSA) is 43.2 Å². The number of fused-ring (bicyclic) bond motifs is 1. The van der Waals surface area contributed by atoms with Crippen molar-refractivity contribution in [3.63, 3.8) is 0 Å². The lowest BCUT2D eigenvalue weighted by molar-refractivity contribution is 0.0397. The summed E-state index contributed by atoms with van der Waals surface area (Å²) < 4.78 is 7.82. The molecule has 24 heavy (non-hydrogen) atoms. The Kier molecular flexibility index (Phi) is 4.16. The highest BCUT2D eigenvalue weighted by atomic mass is 32.2. The van der Waals surface area contributed by atoms with Crippen LogP contribution in [-0.2, 0) is 11.8 Å². The molecule has 2 aromatic heterocycles. The summed E-state index contributed by atoms with van der Waals surface area (Å²) in [5, 5.41) is 5.48. The van der Waals surface area contributed by atoms with E-state index in [0.717, 1.165) is 24.2 Å². The highest BCUT2D eigenvalue weighted by molar-refractivity contribution is 7.98. The van der Waals surface area contributed by atoms with Crippen LogP contribution in [0.3, 0.4) is 0 Å². The lowest BCUT2D eigenvalue weighted by Gasteiger charge is -2.35. The Morgan fingerprint density at radius 1 is 1.25 bits per heavy atom. The fourth-order valence-corrected chi connectivity index (χ4v) is 3.84. The summed E-state index contributed by atoms with van der Waals surface area (Å²) >= 11 is 1.74. The summed E-state index contributed by atoms with van der Waals surface area (Å²) in [4.78, 5) is 8.23. The second kappa shape index (κ2) is 6.45. The SMILES string of the molecule is CSc1cnc2ccccc2c1N1CCO[C@H](c2cnn(C)c2)C1. The molecule has 3 aromatic rings. The first kappa shape index (κ1) is 15.5. The molecule has 1 aromatic carbocycles. The lowest BCUT2D eigenvalue weighted by Crippen LogP contribution is -2.38. The highest BCUT2D eigenvalue weighted by Gasteiger charge is 2.26. The third-order valence-corrected chi connectivity index (χ3v) is 5.15. The van der Waals surface area contributed by atoms with Crippen molar-refractivity contribution in [3.8, 4) is 0 Å². The molecule has 0 radical (unpaired) electrons. The molecule has 0 bridgehead atoms. The van der Waals surface area contributed by atoms with Gasteiger partial charge in [-0.1, -0.05) is 18.2 Å². The first-order valence-corrected chi connectivity index (χ1v) is 9.25. The second-order valence-electron chi connectivity index (χ2n) is 5.95. The van der Waals surface area contributed by atoms with Crippen LogP contribution in [0.15, 0.2) is 47.8 Å². The first-order valence-electron chi connectivity index (χ1n) is 8.03. The van der Waals surface area contributed by atoms with Crippen LogP contribution in [0.1, 0.15) is 11.7 Å². The van der Waals surface area contributed by atoms with E-state index < -0.39 is 0 Å². The molecule has 3 heterocycles. The Hall–Kier alpha value is -2.05. The molecular formula is C18H20N4OS. The Labute approximate surface area is 145 Å². The van der Waals surface area contributed by atoms with Crippen molar-refractivity contribution in [2.75, 3.05) is 30.9 Å². The molecule has 1 atom stereocenters. The quantitative estimate of drug-likeness (QED) is 0.685.